The third kappa shape index (κ3) is 1.09. The summed E-state index contributed by atoms with van der Waals surface area (Å²) in [5.74, 6) is 0.687. The molecule has 2 heterocycles. The van der Waals surface area contributed by atoms with Gasteiger partial charge in [0.15, 0.2) is 5.78 Å². The van der Waals surface area contributed by atoms with Crippen molar-refractivity contribution in [2.45, 2.75) is 32.2 Å². The number of hydrogen-bond acceptors (Lipinski definition) is 3. The number of fused-ring (bicyclic) bond motifs is 4. The molecule has 76 valence electrons. The Bertz CT molecular complexity index is 308. The van der Waals surface area contributed by atoms with E-state index in [4.69, 9.17) is 9.47 Å². The van der Waals surface area contributed by atoms with E-state index in [1.54, 1.807) is 0 Å². The monoisotopic (exact) mass is 194 g/mol. The molecular weight excluding hydrogens is 180 g/mol. The summed E-state index contributed by atoms with van der Waals surface area (Å²) >= 11 is 0. The van der Waals surface area contributed by atoms with Crippen molar-refractivity contribution in [3.63, 3.8) is 0 Å². The van der Waals surface area contributed by atoms with Crippen LogP contribution < -0.4 is 0 Å². The van der Waals surface area contributed by atoms with Gasteiger partial charge in [-0.1, -0.05) is 11.6 Å². The number of rotatable bonds is 0. The van der Waals surface area contributed by atoms with Gasteiger partial charge in [-0.15, -0.1) is 0 Å². The van der Waals surface area contributed by atoms with Crippen LogP contribution >= 0.6 is 0 Å². The third-order valence-corrected chi connectivity index (χ3v) is 3.58. The van der Waals surface area contributed by atoms with Crippen LogP contribution in [0.25, 0.3) is 0 Å². The Morgan fingerprint density at radius 1 is 1.50 bits per heavy atom. The molecule has 3 nitrogen and oxygen atoms in total. The van der Waals surface area contributed by atoms with Crippen LogP contribution in [0.15, 0.2) is 11.6 Å². The first-order chi connectivity index (χ1) is 6.75. The molecule has 0 unspecified atom stereocenters. The quantitative estimate of drug-likeness (QED) is 0.545. The van der Waals surface area contributed by atoms with Crippen LogP contribution in [0.1, 0.15) is 19.8 Å². The largest absolute Gasteiger partial charge is 0.343 e. The molecule has 0 N–H and O–H groups in total. The van der Waals surface area contributed by atoms with Crippen molar-refractivity contribution in [1.29, 1.82) is 0 Å². The predicted molar refractivity (Wildman–Crippen MR) is 49.6 cm³/mol. The molecule has 0 saturated carbocycles. The van der Waals surface area contributed by atoms with Gasteiger partial charge in [0.25, 0.3) is 0 Å². The van der Waals surface area contributed by atoms with Crippen LogP contribution in [-0.4, -0.2) is 24.8 Å². The molecule has 0 amide bonds. The van der Waals surface area contributed by atoms with E-state index in [0.29, 0.717) is 12.5 Å². The lowest BCUT2D eigenvalue weighted by Gasteiger charge is -2.36. The van der Waals surface area contributed by atoms with E-state index < -0.39 is 6.29 Å². The van der Waals surface area contributed by atoms with E-state index >= 15 is 0 Å². The van der Waals surface area contributed by atoms with E-state index in [1.807, 2.05) is 0 Å². The Labute approximate surface area is 83.1 Å². The number of hydrogen-bond donors (Lipinski definition) is 0. The zero-order valence-corrected chi connectivity index (χ0v) is 8.23. The maximum absolute atomic E-state index is 11.9. The number of allylic oxidation sites excluding steroid dienone is 2. The zero-order chi connectivity index (χ0) is 9.71. The van der Waals surface area contributed by atoms with Gasteiger partial charge in [-0.25, -0.2) is 0 Å². The molecule has 0 aromatic heterocycles. The van der Waals surface area contributed by atoms with E-state index in [2.05, 4.69) is 13.0 Å². The molecule has 0 aromatic rings. The maximum atomic E-state index is 11.9. The smallest absolute Gasteiger partial charge is 0.218 e. The van der Waals surface area contributed by atoms with Gasteiger partial charge < -0.3 is 9.47 Å². The summed E-state index contributed by atoms with van der Waals surface area (Å²) in [5, 5.41) is 0. The standard InChI is InChI=1S/C11H14O3/c1-6-2-3-7-8(4-6)10(12)11-13-5-9(7)14-11/h2,7-9,11H,3-5H2,1H3/t7-,8+,9+,11+/m0/s1. The first-order valence-corrected chi connectivity index (χ1v) is 5.22. The fourth-order valence-electron chi connectivity index (χ4n) is 2.77. The minimum absolute atomic E-state index is 0.159. The minimum Gasteiger partial charge on any atom is -0.343 e. The molecule has 0 spiro atoms. The van der Waals surface area contributed by atoms with E-state index in [-0.39, 0.29) is 17.8 Å². The number of ether oxygens (including phenoxy) is 2. The third-order valence-electron chi connectivity index (χ3n) is 3.58. The van der Waals surface area contributed by atoms with Crippen LogP contribution in [-0.2, 0) is 14.3 Å². The highest BCUT2D eigenvalue weighted by Crippen LogP contribution is 2.41. The van der Waals surface area contributed by atoms with Crippen LogP contribution in [0.3, 0.4) is 0 Å². The molecular formula is C11H14O3. The summed E-state index contributed by atoms with van der Waals surface area (Å²) in [4.78, 5) is 11.9. The molecule has 3 heteroatoms. The lowest BCUT2D eigenvalue weighted by molar-refractivity contribution is -0.165. The molecule has 14 heavy (non-hydrogen) atoms. The van der Waals surface area contributed by atoms with Crippen molar-refractivity contribution < 1.29 is 14.3 Å². The zero-order valence-electron chi connectivity index (χ0n) is 8.23. The highest BCUT2D eigenvalue weighted by molar-refractivity contribution is 5.86. The predicted octanol–water partition coefficient (Wildman–Crippen LogP) is 1.28. The van der Waals surface area contributed by atoms with Gasteiger partial charge in [0.1, 0.15) is 0 Å². The molecule has 0 aromatic carbocycles. The molecule has 2 saturated heterocycles. The highest BCUT2D eigenvalue weighted by atomic mass is 16.7. The Morgan fingerprint density at radius 2 is 2.36 bits per heavy atom. The Kier molecular flexibility index (Phi) is 1.79. The number of carbonyl (C=O) groups is 1. The van der Waals surface area contributed by atoms with Gasteiger partial charge in [0.2, 0.25) is 6.29 Å². The lowest BCUT2D eigenvalue weighted by atomic mass is 9.74. The first-order valence-electron chi connectivity index (χ1n) is 5.22. The second-order valence-electron chi connectivity index (χ2n) is 4.50. The second kappa shape index (κ2) is 2.91. The normalized spacial score (nSPS) is 46.1. The summed E-state index contributed by atoms with van der Waals surface area (Å²) in [6, 6.07) is 0. The van der Waals surface area contributed by atoms with Crippen molar-refractivity contribution in [2.24, 2.45) is 11.8 Å². The van der Waals surface area contributed by atoms with Crippen molar-refractivity contribution in [1.82, 2.24) is 0 Å². The van der Waals surface area contributed by atoms with E-state index in [0.717, 1.165) is 12.8 Å². The van der Waals surface area contributed by atoms with Crippen LogP contribution in [0.4, 0.5) is 0 Å². The van der Waals surface area contributed by atoms with Gasteiger partial charge in [0, 0.05) is 11.8 Å². The van der Waals surface area contributed by atoms with Crippen LogP contribution in [0.2, 0.25) is 0 Å². The van der Waals surface area contributed by atoms with Crippen molar-refractivity contribution >= 4 is 5.78 Å². The van der Waals surface area contributed by atoms with Gasteiger partial charge in [0.05, 0.1) is 12.7 Å². The summed E-state index contributed by atoms with van der Waals surface area (Å²) in [6.45, 7) is 2.70. The minimum atomic E-state index is -0.549. The molecule has 2 aliphatic heterocycles. The van der Waals surface area contributed by atoms with Crippen molar-refractivity contribution in [3.05, 3.63) is 11.6 Å². The fraction of sp³-hybridized carbons (Fsp3) is 0.727. The molecule has 3 aliphatic rings. The van der Waals surface area contributed by atoms with Gasteiger partial charge in [-0.2, -0.15) is 0 Å². The lowest BCUT2D eigenvalue weighted by Crippen LogP contribution is -2.44. The average Bonchev–Trinajstić information content (AvgIpc) is 2.61. The Hall–Kier alpha value is -0.670. The van der Waals surface area contributed by atoms with Gasteiger partial charge >= 0.3 is 0 Å². The fourth-order valence-corrected chi connectivity index (χ4v) is 2.77. The SMILES string of the molecule is CC1=CC[C@@H]2[C@H]3CO[C@H](O3)C(=O)[C@@H]2C1. The summed E-state index contributed by atoms with van der Waals surface area (Å²) < 4.78 is 10.8. The average molecular weight is 194 g/mol. The Balaban J connectivity index is 1.93. The molecule has 2 bridgehead atoms. The molecule has 2 fully saturated rings. The summed E-state index contributed by atoms with van der Waals surface area (Å²) in [5.41, 5.74) is 1.33. The van der Waals surface area contributed by atoms with E-state index in [9.17, 15) is 4.79 Å². The number of Topliss-reactive ketones (excluding diaryl/α,β-unsaturated/α-hetero) is 1. The molecule has 0 radical (unpaired) electrons. The summed E-state index contributed by atoms with van der Waals surface area (Å²) in [7, 11) is 0. The molecule has 1 aliphatic carbocycles. The number of carbonyl (C=O) groups excluding carboxylic acids is 1. The van der Waals surface area contributed by atoms with Crippen molar-refractivity contribution in [3.8, 4) is 0 Å². The van der Waals surface area contributed by atoms with Gasteiger partial charge in [-0.3, -0.25) is 4.79 Å². The Morgan fingerprint density at radius 3 is 3.21 bits per heavy atom. The van der Waals surface area contributed by atoms with Crippen LogP contribution in [0.5, 0.6) is 0 Å². The van der Waals surface area contributed by atoms with Crippen molar-refractivity contribution in [2.75, 3.05) is 6.61 Å². The highest BCUT2D eigenvalue weighted by Gasteiger charge is 2.49. The number of ketones is 1. The molecule has 3 rings (SSSR count). The second-order valence-corrected chi connectivity index (χ2v) is 4.50. The van der Waals surface area contributed by atoms with Crippen LogP contribution in [0, 0.1) is 11.8 Å². The van der Waals surface area contributed by atoms with Gasteiger partial charge in [-0.05, 0) is 19.8 Å². The summed E-state index contributed by atoms with van der Waals surface area (Å²) in [6.07, 6.45) is 3.72. The van der Waals surface area contributed by atoms with E-state index in [1.165, 1.54) is 5.57 Å². The first kappa shape index (κ1) is 8.62. The maximum Gasteiger partial charge on any atom is 0.218 e. The topological polar surface area (TPSA) is 35.5 Å². The molecule has 4 atom stereocenters.